The Bertz CT molecular complexity index is 358. The molecule has 0 unspecified atom stereocenters. The maximum Gasteiger partial charge on any atom is 0.167 e. The van der Waals surface area contributed by atoms with E-state index in [1.165, 1.54) is 6.42 Å². The van der Waals surface area contributed by atoms with Gasteiger partial charge in [-0.05, 0) is 24.9 Å². The van der Waals surface area contributed by atoms with Crippen LogP contribution in [0.4, 0.5) is 0 Å². The third kappa shape index (κ3) is 2.93. The number of hydrogen-bond donors (Lipinski definition) is 2. The molecule has 0 spiro atoms. The Balaban J connectivity index is 2.21. The molecule has 0 aromatic heterocycles. The van der Waals surface area contributed by atoms with Gasteiger partial charge in [0, 0.05) is 6.04 Å². The fraction of sp³-hybridized carbons (Fsp3) is 0.500. The summed E-state index contributed by atoms with van der Waals surface area (Å²) in [6, 6.07) is 9.93. The van der Waals surface area contributed by atoms with Crippen molar-refractivity contribution < 1.29 is 9.90 Å². The molecule has 92 valence electrons. The number of piperidine rings is 1. The summed E-state index contributed by atoms with van der Waals surface area (Å²) in [5.41, 5.74) is 1.01. The zero-order valence-electron chi connectivity index (χ0n) is 9.93. The van der Waals surface area contributed by atoms with Gasteiger partial charge < -0.3 is 10.4 Å². The molecular formula is C14H19NO2. The highest BCUT2D eigenvalue weighted by atomic mass is 16.3. The minimum absolute atomic E-state index is 0.0874. The van der Waals surface area contributed by atoms with E-state index in [0.29, 0.717) is 0 Å². The van der Waals surface area contributed by atoms with E-state index < -0.39 is 0 Å². The maximum atomic E-state index is 11.9. The number of hydrogen-bond acceptors (Lipinski definition) is 3. The lowest BCUT2D eigenvalue weighted by Gasteiger charge is -2.30. The Labute approximate surface area is 102 Å². The summed E-state index contributed by atoms with van der Waals surface area (Å²) >= 11 is 0. The van der Waals surface area contributed by atoms with Crippen molar-refractivity contribution in [3.8, 4) is 0 Å². The van der Waals surface area contributed by atoms with E-state index in [1.807, 2.05) is 30.3 Å². The zero-order valence-corrected chi connectivity index (χ0v) is 9.93. The van der Waals surface area contributed by atoms with Gasteiger partial charge in [-0.3, -0.25) is 4.79 Å². The molecule has 3 heteroatoms. The number of aliphatic hydroxyl groups excluding tert-OH is 1. The summed E-state index contributed by atoms with van der Waals surface area (Å²) in [4.78, 5) is 11.9. The summed E-state index contributed by atoms with van der Waals surface area (Å²) in [5.74, 6) is -0.294. The second-order valence-electron chi connectivity index (χ2n) is 4.57. The Kier molecular flexibility index (Phi) is 4.29. The minimum Gasteiger partial charge on any atom is -0.389 e. The molecule has 1 aromatic carbocycles. The zero-order chi connectivity index (χ0) is 12.1. The first-order chi connectivity index (χ1) is 8.33. The van der Waals surface area contributed by atoms with Crippen molar-refractivity contribution >= 4 is 5.78 Å². The van der Waals surface area contributed by atoms with Crippen molar-refractivity contribution in [2.24, 2.45) is 0 Å². The Morgan fingerprint density at radius 3 is 2.71 bits per heavy atom. The average Bonchev–Trinajstić information content (AvgIpc) is 2.41. The van der Waals surface area contributed by atoms with Crippen LogP contribution in [0.25, 0.3) is 0 Å². The van der Waals surface area contributed by atoms with Crippen LogP contribution in [0.2, 0.25) is 0 Å². The van der Waals surface area contributed by atoms with Crippen LogP contribution in [0.5, 0.6) is 0 Å². The fourth-order valence-corrected chi connectivity index (χ4v) is 2.56. The highest BCUT2D eigenvalue weighted by Crippen LogP contribution is 2.26. The predicted molar refractivity (Wildman–Crippen MR) is 66.9 cm³/mol. The van der Waals surface area contributed by atoms with Gasteiger partial charge in [-0.1, -0.05) is 36.8 Å². The number of ketones is 1. The molecule has 17 heavy (non-hydrogen) atoms. The molecule has 0 radical (unpaired) electrons. The van der Waals surface area contributed by atoms with Crippen LogP contribution in [-0.4, -0.2) is 30.1 Å². The molecule has 1 saturated heterocycles. The van der Waals surface area contributed by atoms with Crippen LogP contribution >= 0.6 is 0 Å². The largest absolute Gasteiger partial charge is 0.389 e. The second-order valence-corrected chi connectivity index (χ2v) is 4.57. The van der Waals surface area contributed by atoms with E-state index in [0.717, 1.165) is 24.9 Å². The van der Waals surface area contributed by atoms with Gasteiger partial charge in [-0.25, -0.2) is 0 Å². The summed E-state index contributed by atoms with van der Waals surface area (Å²) in [6.45, 7) is 0.588. The Hall–Kier alpha value is -1.19. The van der Waals surface area contributed by atoms with E-state index in [9.17, 15) is 4.79 Å². The topological polar surface area (TPSA) is 49.3 Å². The minimum atomic E-state index is -0.377. The van der Waals surface area contributed by atoms with E-state index in [1.54, 1.807) is 0 Å². The van der Waals surface area contributed by atoms with Crippen molar-refractivity contribution in [2.75, 3.05) is 13.2 Å². The smallest absolute Gasteiger partial charge is 0.167 e. The molecule has 1 aromatic rings. The summed E-state index contributed by atoms with van der Waals surface area (Å²) in [5, 5.41) is 12.5. The molecular weight excluding hydrogens is 214 g/mol. The van der Waals surface area contributed by atoms with Crippen molar-refractivity contribution in [3.05, 3.63) is 35.9 Å². The standard InChI is InChI=1S/C14H19NO2/c16-10-13(17)14(11-6-2-1-3-7-11)12-8-4-5-9-15-12/h1-3,6-7,12,14-16H,4-5,8-10H2/t12-,14-/m1/s1. The molecule has 0 bridgehead atoms. The number of Topliss-reactive ketones (excluding diaryl/α,β-unsaturated/α-hetero) is 1. The van der Waals surface area contributed by atoms with Gasteiger partial charge in [0.1, 0.15) is 6.61 Å². The first-order valence-corrected chi connectivity index (χ1v) is 6.25. The molecule has 2 N–H and O–H groups in total. The van der Waals surface area contributed by atoms with Gasteiger partial charge in [0.05, 0.1) is 5.92 Å². The average molecular weight is 233 g/mol. The quantitative estimate of drug-likeness (QED) is 0.828. The van der Waals surface area contributed by atoms with Crippen LogP contribution in [-0.2, 0) is 4.79 Å². The monoisotopic (exact) mass is 233 g/mol. The SMILES string of the molecule is O=C(CO)[C@H](c1ccccc1)[C@H]1CCCCN1. The summed E-state index contributed by atoms with van der Waals surface area (Å²) in [6.07, 6.45) is 3.33. The highest BCUT2D eigenvalue weighted by Gasteiger charge is 2.29. The van der Waals surface area contributed by atoms with Crippen LogP contribution in [0.3, 0.4) is 0 Å². The van der Waals surface area contributed by atoms with E-state index in [4.69, 9.17) is 5.11 Å². The van der Waals surface area contributed by atoms with Crippen LogP contribution in [0, 0.1) is 0 Å². The predicted octanol–water partition coefficient (Wildman–Crippen LogP) is 1.47. The molecule has 0 aliphatic carbocycles. The molecule has 2 atom stereocenters. The first-order valence-electron chi connectivity index (χ1n) is 6.25. The van der Waals surface area contributed by atoms with E-state index in [-0.39, 0.29) is 24.3 Å². The highest BCUT2D eigenvalue weighted by molar-refractivity contribution is 5.87. The van der Waals surface area contributed by atoms with Crippen molar-refractivity contribution in [2.45, 2.75) is 31.2 Å². The first kappa shape index (κ1) is 12.3. The number of aliphatic hydroxyl groups is 1. The molecule has 1 heterocycles. The number of carbonyl (C=O) groups excluding carboxylic acids is 1. The third-order valence-electron chi connectivity index (χ3n) is 3.41. The summed E-state index contributed by atoms with van der Waals surface area (Å²) < 4.78 is 0. The molecule has 1 fully saturated rings. The van der Waals surface area contributed by atoms with E-state index in [2.05, 4.69) is 5.32 Å². The van der Waals surface area contributed by atoms with Gasteiger partial charge in [0.2, 0.25) is 0 Å². The number of carbonyl (C=O) groups is 1. The normalized spacial score (nSPS) is 22.1. The van der Waals surface area contributed by atoms with Crippen LogP contribution in [0.1, 0.15) is 30.7 Å². The lowest BCUT2D eigenvalue weighted by Crippen LogP contribution is -2.42. The Morgan fingerprint density at radius 2 is 2.12 bits per heavy atom. The van der Waals surface area contributed by atoms with Crippen molar-refractivity contribution in [1.82, 2.24) is 5.32 Å². The van der Waals surface area contributed by atoms with Gasteiger partial charge >= 0.3 is 0 Å². The van der Waals surface area contributed by atoms with Gasteiger partial charge in [-0.15, -0.1) is 0 Å². The molecule has 2 rings (SSSR count). The van der Waals surface area contributed by atoms with Gasteiger partial charge in [0.25, 0.3) is 0 Å². The third-order valence-corrected chi connectivity index (χ3v) is 3.41. The number of rotatable bonds is 4. The molecule has 0 amide bonds. The van der Waals surface area contributed by atoms with Crippen molar-refractivity contribution in [3.63, 3.8) is 0 Å². The van der Waals surface area contributed by atoms with Gasteiger partial charge in [0.15, 0.2) is 5.78 Å². The molecule has 3 nitrogen and oxygen atoms in total. The number of nitrogens with one attached hydrogen (secondary N) is 1. The van der Waals surface area contributed by atoms with Crippen LogP contribution in [0.15, 0.2) is 30.3 Å². The maximum absolute atomic E-state index is 11.9. The number of benzene rings is 1. The van der Waals surface area contributed by atoms with Crippen molar-refractivity contribution in [1.29, 1.82) is 0 Å². The van der Waals surface area contributed by atoms with E-state index >= 15 is 0 Å². The summed E-state index contributed by atoms with van der Waals surface area (Å²) in [7, 11) is 0. The second kappa shape index (κ2) is 5.94. The molecule has 1 aliphatic heterocycles. The van der Waals surface area contributed by atoms with Gasteiger partial charge in [-0.2, -0.15) is 0 Å². The lowest BCUT2D eigenvalue weighted by molar-refractivity contribution is -0.124. The fourth-order valence-electron chi connectivity index (χ4n) is 2.56. The van der Waals surface area contributed by atoms with Crippen LogP contribution < -0.4 is 5.32 Å². The molecule has 1 aliphatic rings. The Morgan fingerprint density at radius 1 is 1.35 bits per heavy atom. The molecule has 0 saturated carbocycles. The lowest BCUT2D eigenvalue weighted by atomic mass is 9.84.